The maximum Gasteiger partial charge on any atom is 0.0318 e. The summed E-state index contributed by atoms with van der Waals surface area (Å²) >= 11 is 3.59. The third kappa shape index (κ3) is 3.71. The van der Waals surface area contributed by atoms with E-state index in [9.17, 15) is 0 Å². The van der Waals surface area contributed by atoms with E-state index in [-0.39, 0.29) is 0 Å². The van der Waals surface area contributed by atoms with Crippen molar-refractivity contribution < 1.29 is 0 Å². The number of benzene rings is 1. The molecule has 1 saturated carbocycles. The molecule has 0 radical (unpaired) electrons. The summed E-state index contributed by atoms with van der Waals surface area (Å²) in [5.41, 5.74) is 7.96. The fourth-order valence-corrected chi connectivity index (χ4v) is 3.08. The van der Waals surface area contributed by atoms with Crippen molar-refractivity contribution in [2.45, 2.75) is 32.2 Å². The van der Waals surface area contributed by atoms with Crippen molar-refractivity contribution >= 4 is 21.6 Å². The Bertz CT molecular complexity index is 372. The number of rotatable bonds is 4. The molecule has 2 rings (SSSR count). The second kappa shape index (κ2) is 5.87. The minimum atomic E-state index is 0.845. The van der Waals surface area contributed by atoms with Crippen LogP contribution in [0.1, 0.15) is 31.2 Å². The highest BCUT2D eigenvalue weighted by molar-refractivity contribution is 9.10. The Balaban J connectivity index is 1.92. The lowest BCUT2D eigenvalue weighted by atomic mass is 10.1. The summed E-state index contributed by atoms with van der Waals surface area (Å²) < 4.78 is 1.16. The molecule has 94 valence electrons. The summed E-state index contributed by atoms with van der Waals surface area (Å²) in [6, 6.07) is 6.04. The van der Waals surface area contributed by atoms with Crippen LogP contribution in [0.15, 0.2) is 22.7 Å². The SMILES string of the molecule is CN(Cc1cc(N)ccc1Br)CC1CCCC1. The first kappa shape index (κ1) is 12.9. The van der Waals surface area contributed by atoms with Crippen LogP contribution in [0.25, 0.3) is 0 Å². The third-order valence-electron chi connectivity index (χ3n) is 3.55. The van der Waals surface area contributed by atoms with E-state index in [1.54, 1.807) is 0 Å². The van der Waals surface area contributed by atoms with Gasteiger partial charge in [-0.3, -0.25) is 0 Å². The molecule has 2 N–H and O–H groups in total. The number of hydrogen-bond donors (Lipinski definition) is 1. The van der Waals surface area contributed by atoms with Crippen LogP contribution < -0.4 is 5.73 Å². The highest BCUT2D eigenvalue weighted by atomic mass is 79.9. The molecule has 0 heterocycles. The van der Waals surface area contributed by atoms with Gasteiger partial charge in [-0.2, -0.15) is 0 Å². The predicted octanol–water partition coefficient (Wildman–Crippen LogP) is 3.65. The van der Waals surface area contributed by atoms with Crippen LogP contribution in [-0.2, 0) is 6.54 Å². The Kier molecular flexibility index (Phi) is 4.46. The van der Waals surface area contributed by atoms with Gasteiger partial charge in [-0.05, 0) is 49.6 Å². The molecular weight excluding hydrogens is 276 g/mol. The van der Waals surface area contributed by atoms with E-state index >= 15 is 0 Å². The van der Waals surface area contributed by atoms with E-state index in [0.717, 1.165) is 22.6 Å². The van der Waals surface area contributed by atoms with Crippen LogP contribution in [0.4, 0.5) is 5.69 Å². The molecule has 0 spiro atoms. The van der Waals surface area contributed by atoms with E-state index in [2.05, 4.69) is 33.9 Å². The van der Waals surface area contributed by atoms with Gasteiger partial charge in [0.25, 0.3) is 0 Å². The van der Waals surface area contributed by atoms with Crippen LogP contribution in [0.3, 0.4) is 0 Å². The fraction of sp³-hybridized carbons (Fsp3) is 0.571. The highest BCUT2D eigenvalue weighted by Crippen LogP contribution is 2.26. The lowest BCUT2D eigenvalue weighted by Gasteiger charge is -2.21. The average Bonchev–Trinajstić information content (AvgIpc) is 2.76. The molecule has 1 fully saturated rings. The fourth-order valence-electron chi connectivity index (χ4n) is 2.70. The zero-order valence-electron chi connectivity index (χ0n) is 10.5. The molecule has 0 amide bonds. The standard InChI is InChI=1S/C14H21BrN2/c1-17(9-11-4-2-3-5-11)10-12-8-13(16)6-7-14(12)15/h6-8,11H,2-5,9-10,16H2,1H3. The van der Waals surface area contributed by atoms with Gasteiger partial charge in [0, 0.05) is 23.2 Å². The van der Waals surface area contributed by atoms with Gasteiger partial charge in [0.15, 0.2) is 0 Å². The molecular formula is C14H21BrN2. The maximum atomic E-state index is 5.83. The van der Waals surface area contributed by atoms with Crippen LogP contribution in [0.2, 0.25) is 0 Å². The molecule has 0 aromatic heterocycles. The van der Waals surface area contributed by atoms with E-state index < -0.39 is 0 Å². The second-order valence-corrected chi connectivity index (χ2v) is 6.05. The Morgan fingerprint density at radius 2 is 2.06 bits per heavy atom. The van der Waals surface area contributed by atoms with Crippen molar-refractivity contribution in [3.8, 4) is 0 Å². The number of nitrogens with two attached hydrogens (primary N) is 1. The van der Waals surface area contributed by atoms with Gasteiger partial charge < -0.3 is 10.6 Å². The van der Waals surface area contributed by atoms with Crippen LogP contribution in [0.5, 0.6) is 0 Å². The number of nitrogens with zero attached hydrogens (tertiary/aromatic N) is 1. The molecule has 0 aliphatic heterocycles. The molecule has 3 heteroatoms. The van der Waals surface area contributed by atoms with Crippen molar-refractivity contribution in [1.29, 1.82) is 0 Å². The molecule has 0 saturated heterocycles. The minimum absolute atomic E-state index is 0.845. The summed E-state index contributed by atoms with van der Waals surface area (Å²) in [4.78, 5) is 2.41. The maximum absolute atomic E-state index is 5.83. The van der Waals surface area contributed by atoms with Gasteiger partial charge in [-0.25, -0.2) is 0 Å². The normalized spacial score (nSPS) is 16.9. The smallest absolute Gasteiger partial charge is 0.0318 e. The largest absolute Gasteiger partial charge is 0.399 e. The number of anilines is 1. The van der Waals surface area contributed by atoms with Gasteiger partial charge in [0.2, 0.25) is 0 Å². The van der Waals surface area contributed by atoms with Crippen molar-refractivity contribution in [3.05, 3.63) is 28.2 Å². The van der Waals surface area contributed by atoms with Gasteiger partial charge in [-0.15, -0.1) is 0 Å². The third-order valence-corrected chi connectivity index (χ3v) is 4.33. The molecule has 2 nitrogen and oxygen atoms in total. The summed E-state index contributed by atoms with van der Waals surface area (Å²) in [5.74, 6) is 0.903. The first-order chi connectivity index (χ1) is 8.15. The van der Waals surface area contributed by atoms with Crippen molar-refractivity contribution in [2.24, 2.45) is 5.92 Å². The number of halogens is 1. The highest BCUT2D eigenvalue weighted by Gasteiger charge is 2.17. The summed E-state index contributed by atoms with van der Waals surface area (Å²) in [7, 11) is 2.20. The first-order valence-electron chi connectivity index (χ1n) is 6.37. The van der Waals surface area contributed by atoms with Crippen molar-refractivity contribution in [1.82, 2.24) is 4.90 Å². The quantitative estimate of drug-likeness (QED) is 0.860. The first-order valence-corrected chi connectivity index (χ1v) is 7.17. The number of hydrogen-bond acceptors (Lipinski definition) is 2. The van der Waals surface area contributed by atoms with E-state index in [1.807, 2.05) is 12.1 Å². The summed E-state index contributed by atoms with van der Waals surface area (Å²) in [6.07, 6.45) is 5.64. The minimum Gasteiger partial charge on any atom is -0.399 e. The second-order valence-electron chi connectivity index (χ2n) is 5.20. The van der Waals surface area contributed by atoms with Crippen molar-refractivity contribution in [3.63, 3.8) is 0 Å². The predicted molar refractivity (Wildman–Crippen MR) is 76.8 cm³/mol. The zero-order valence-corrected chi connectivity index (χ0v) is 12.0. The summed E-state index contributed by atoms with van der Waals surface area (Å²) in [5, 5.41) is 0. The van der Waals surface area contributed by atoms with E-state index in [1.165, 1.54) is 37.8 Å². The van der Waals surface area contributed by atoms with Crippen LogP contribution in [-0.4, -0.2) is 18.5 Å². The molecule has 17 heavy (non-hydrogen) atoms. The molecule has 0 unspecified atom stereocenters. The number of nitrogen functional groups attached to an aromatic ring is 1. The Labute approximate surface area is 112 Å². The van der Waals surface area contributed by atoms with E-state index in [4.69, 9.17) is 5.73 Å². The molecule has 1 aliphatic carbocycles. The molecule has 0 atom stereocenters. The monoisotopic (exact) mass is 296 g/mol. The lowest BCUT2D eigenvalue weighted by molar-refractivity contribution is 0.271. The molecule has 1 aromatic carbocycles. The van der Waals surface area contributed by atoms with Gasteiger partial charge >= 0.3 is 0 Å². The van der Waals surface area contributed by atoms with Crippen molar-refractivity contribution in [2.75, 3.05) is 19.3 Å². The summed E-state index contributed by atoms with van der Waals surface area (Å²) in [6.45, 7) is 2.18. The van der Waals surface area contributed by atoms with Gasteiger partial charge in [0.1, 0.15) is 0 Å². The molecule has 1 aromatic rings. The Morgan fingerprint density at radius 1 is 1.35 bits per heavy atom. The van der Waals surface area contributed by atoms with E-state index in [0.29, 0.717) is 0 Å². The van der Waals surface area contributed by atoms with Gasteiger partial charge in [0.05, 0.1) is 0 Å². The Hall–Kier alpha value is -0.540. The average molecular weight is 297 g/mol. The molecule has 0 bridgehead atoms. The lowest BCUT2D eigenvalue weighted by Crippen LogP contribution is -2.24. The van der Waals surface area contributed by atoms with Gasteiger partial charge in [-0.1, -0.05) is 28.8 Å². The Morgan fingerprint density at radius 3 is 2.76 bits per heavy atom. The molecule has 1 aliphatic rings. The topological polar surface area (TPSA) is 29.3 Å². The van der Waals surface area contributed by atoms with Crippen LogP contribution in [0, 0.1) is 5.92 Å². The van der Waals surface area contributed by atoms with Crippen LogP contribution >= 0.6 is 15.9 Å². The zero-order chi connectivity index (χ0) is 12.3.